The molecule has 0 unspecified atom stereocenters. The lowest BCUT2D eigenvalue weighted by Gasteiger charge is -2.35. The minimum Gasteiger partial charge on any atom is -0.466 e. The van der Waals surface area contributed by atoms with Crippen molar-refractivity contribution < 1.29 is 13.9 Å². The van der Waals surface area contributed by atoms with Crippen LogP contribution in [-0.4, -0.2) is 82.6 Å². The van der Waals surface area contributed by atoms with Gasteiger partial charge in [-0.3, -0.25) is 14.6 Å². The number of nitrogens with zero attached hydrogens (tertiary/aromatic N) is 6. The van der Waals surface area contributed by atoms with Crippen LogP contribution >= 0.6 is 22.9 Å². The number of likely N-dealkylation sites (tertiary alicyclic amines) is 1. The Morgan fingerprint density at radius 3 is 2.72 bits per heavy atom. The van der Waals surface area contributed by atoms with Gasteiger partial charge in [0.2, 0.25) is 5.82 Å². The molecule has 5 rings (SSSR count). The van der Waals surface area contributed by atoms with Crippen LogP contribution in [0, 0.1) is 5.82 Å². The zero-order chi connectivity index (χ0) is 30.3. The molecule has 232 valence electrons. The zero-order valence-electron chi connectivity index (χ0n) is 25.2. The first-order chi connectivity index (χ1) is 20.9. The molecule has 0 amide bonds. The highest BCUT2D eigenvalue weighted by Gasteiger charge is 2.27. The van der Waals surface area contributed by atoms with E-state index in [4.69, 9.17) is 21.3 Å². The summed E-state index contributed by atoms with van der Waals surface area (Å²) in [5.41, 5.74) is 2.99. The number of ether oxygens (including phenoxy) is 1. The summed E-state index contributed by atoms with van der Waals surface area (Å²) in [5.74, 6) is -0.304. The van der Waals surface area contributed by atoms with Crippen LogP contribution in [0.25, 0.3) is 11.3 Å². The third-order valence-corrected chi connectivity index (χ3v) is 9.64. The van der Waals surface area contributed by atoms with Crippen LogP contribution in [0.2, 0.25) is 5.02 Å². The maximum atomic E-state index is 15.8. The number of hydrogen-bond donors (Lipinski definition) is 1. The number of carbonyl (C=O) groups is 1. The maximum Gasteiger partial charge on any atom is 0.307 e. The van der Waals surface area contributed by atoms with Gasteiger partial charge in [0.05, 0.1) is 18.7 Å². The van der Waals surface area contributed by atoms with Crippen LogP contribution < -0.4 is 10.2 Å². The first-order valence-corrected chi connectivity index (χ1v) is 16.5. The average Bonchev–Trinajstić information content (AvgIpc) is 3.64. The summed E-state index contributed by atoms with van der Waals surface area (Å²) in [6.07, 6.45) is 6.11. The number of halogens is 2. The molecule has 9 nitrogen and oxygen atoms in total. The number of esters is 1. The van der Waals surface area contributed by atoms with Crippen molar-refractivity contribution in [3.8, 4) is 11.3 Å². The number of thiazole rings is 1. The van der Waals surface area contributed by atoms with Crippen LogP contribution in [0.15, 0.2) is 24.5 Å². The predicted octanol–water partition coefficient (Wildman–Crippen LogP) is 6.15. The number of nitrogens with one attached hydrogen (secondary N) is 1. The SMILES string of the molecule is CCOC(=O)CCN1CCN(c2ncnc(Nc3nc(-c4ccc(Cl)c(CC)c4)c(CN4CCC[C@H]4CC)s3)c2F)CC1. The van der Waals surface area contributed by atoms with Crippen molar-refractivity contribution in [2.75, 3.05) is 56.1 Å². The van der Waals surface area contributed by atoms with Gasteiger partial charge in [-0.2, -0.15) is 4.39 Å². The van der Waals surface area contributed by atoms with E-state index < -0.39 is 5.82 Å². The predicted molar refractivity (Wildman–Crippen MR) is 171 cm³/mol. The molecular formula is C31H41ClFN7O2S. The van der Waals surface area contributed by atoms with Gasteiger partial charge in [-0.15, -0.1) is 0 Å². The fourth-order valence-electron chi connectivity index (χ4n) is 5.92. The number of hydrogen-bond acceptors (Lipinski definition) is 10. The Kier molecular flexibility index (Phi) is 10.8. The van der Waals surface area contributed by atoms with Gasteiger partial charge in [0.25, 0.3) is 0 Å². The van der Waals surface area contributed by atoms with E-state index in [1.807, 2.05) is 17.0 Å². The van der Waals surface area contributed by atoms with Crippen molar-refractivity contribution in [3.63, 3.8) is 0 Å². The Labute approximate surface area is 262 Å². The van der Waals surface area contributed by atoms with Crippen LogP contribution in [-0.2, 0) is 22.5 Å². The van der Waals surface area contributed by atoms with Crippen molar-refractivity contribution in [3.05, 3.63) is 45.8 Å². The minimum atomic E-state index is -0.494. The largest absolute Gasteiger partial charge is 0.466 e. The molecule has 4 heterocycles. The highest BCUT2D eigenvalue weighted by Crippen LogP contribution is 2.37. The van der Waals surface area contributed by atoms with Crippen molar-refractivity contribution in [2.45, 2.75) is 65.5 Å². The van der Waals surface area contributed by atoms with Crippen molar-refractivity contribution in [1.29, 1.82) is 0 Å². The monoisotopic (exact) mass is 629 g/mol. The molecule has 0 saturated carbocycles. The quantitative estimate of drug-likeness (QED) is 0.237. The summed E-state index contributed by atoms with van der Waals surface area (Å²) in [6, 6.07) is 6.63. The van der Waals surface area contributed by atoms with Crippen molar-refractivity contribution in [2.24, 2.45) is 0 Å². The number of carbonyl (C=O) groups excluding carboxylic acids is 1. The van der Waals surface area contributed by atoms with E-state index in [9.17, 15) is 4.79 Å². The van der Waals surface area contributed by atoms with E-state index in [-0.39, 0.29) is 17.6 Å². The molecule has 0 radical (unpaired) electrons. The molecule has 1 atom stereocenters. The highest BCUT2D eigenvalue weighted by molar-refractivity contribution is 7.16. The van der Waals surface area contributed by atoms with Gasteiger partial charge < -0.3 is 15.0 Å². The van der Waals surface area contributed by atoms with E-state index in [1.54, 1.807) is 18.3 Å². The second kappa shape index (κ2) is 14.7. The molecule has 0 spiro atoms. The van der Waals surface area contributed by atoms with E-state index in [0.717, 1.165) is 52.7 Å². The van der Waals surface area contributed by atoms with E-state index in [2.05, 4.69) is 45.0 Å². The van der Waals surface area contributed by atoms with Crippen molar-refractivity contribution >= 4 is 45.7 Å². The molecule has 0 bridgehead atoms. The maximum absolute atomic E-state index is 15.8. The van der Waals surface area contributed by atoms with Gasteiger partial charge >= 0.3 is 5.97 Å². The average molecular weight is 630 g/mol. The Bertz CT molecular complexity index is 1400. The van der Waals surface area contributed by atoms with Gasteiger partial charge in [-0.25, -0.2) is 15.0 Å². The van der Waals surface area contributed by atoms with Gasteiger partial charge in [0.15, 0.2) is 16.8 Å². The molecule has 2 aliphatic heterocycles. The number of aryl methyl sites for hydroxylation is 1. The van der Waals surface area contributed by atoms with Crippen molar-refractivity contribution in [1.82, 2.24) is 24.8 Å². The van der Waals surface area contributed by atoms with E-state index in [0.29, 0.717) is 56.9 Å². The smallest absolute Gasteiger partial charge is 0.307 e. The van der Waals surface area contributed by atoms with Gasteiger partial charge in [0, 0.05) is 60.8 Å². The lowest BCUT2D eigenvalue weighted by molar-refractivity contribution is -0.143. The molecule has 43 heavy (non-hydrogen) atoms. The van der Waals surface area contributed by atoms with Gasteiger partial charge in [0.1, 0.15) is 6.33 Å². The summed E-state index contributed by atoms with van der Waals surface area (Å²) in [4.78, 5) is 33.0. The summed E-state index contributed by atoms with van der Waals surface area (Å²) >= 11 is 7.98. The third kappa shape index (κ3) is 7.63. The van der Waals surface area contributed by atoms with Gasteiger partial charge in [-0.05, 0) is 56.8 Å². The second-order valence-electron chi connectivity index (χ2n) is 11.0. The number of anilines is 3. The van der Waals surface area contributed by atoms with Crippen LogP contribution in [0.3, 0.4) is 0 Å². The molecule has 0 aliphatic carbocycles. The van der Waals surface area contributed by atoms with Gasteiger partial charge in [-0.1, -0.05) is 42.9 Å². The number of piperazine rings is 1. The topological polar surface area (TPSA) is 86.7 Å². The Morgan fingerprint density at radius 1 is 1.16 bits per heavy atom. The summed E-state index contributed by atoms with van der Waals surface area (Å²) < 4.78 is 20.9. The Morgan fingerprint density at radius 2 is 1.98 bits per heavy atom. The number of benzene rings is 1. The standard InChI is InChI=1S/C31H41ClFN7O2S/c1-4-21-18-22(9-10-24(21)32)28-25(19-40-12-7-8-23(40)5-2)43-31(36-28)37-29-27(33)30(35-20-34-29)39-16-14-38(15-17-39)13-11-26(41)42-6-3/h9-10,18,20,23H,4-8,11-17,19H2,1-3H3,(H,34,35,36,37)/t23-/m1/s1. The van der Waals surface area contributed by atoms with E-state index >= 15 is 4.39 Å². The molecule has 2 aromatic heterocycles. The molecule has 1 aromatic carbocycles. The minimum absolute atomic E-state index is 0.111. The fourth-order valence-corrected chi connectivity index (χ4v) is 7.18. The zero-order valence-corrected chi connectivity index (χ0v) is 26.8. The molecule has 2 fully saturated rings. The highest BCUT2D eigenvalue weighted by atomic mass is 35.5. The molecule has 2 saturated heterocycles. The molecule has 12 heteroatoms. The lowest BCUT2D eigenvalue weighted by atomic mass is 10.1. The molecule has 2 aliphatic rings. The molecule has 3 aromatic rings. The van der Waals surface area contributed by atoms with Crippen LogP contribution in [0.1, 0.15) is 56.9 Å². The van der Waals surface area contributed by atoms with Crippen LogP contribution in [0.5, 0.6) is 0 Å². The number of rotatable bonds is 12. The van der Waals surface area contributed by atoms with E-state index in [1.165, 1.54) is 19.2 Å². The Balaban J connectivity index is 1.33. The summed E-state index contributed by atoms with van der Waals surface area (Å²) in [5, 5.41) is 4.52. The third-order valence-electron chi connectivity index (χ3n) is 8.32. The van der Waals surface area contributed by atoms with Crippen LogP contribution in [0.4, 0.5) is 21.2 Å². The fraction of sp³-hybridized carbons (Fsp3) is 0.548. The summed E-state index contributed by atoms with van der Waals surface area (Å²) in [7, 11) is 0. The second-order valence-corrected chi connectivity index (χ2v) is 12.5. The first-order valence-electron chi connectivity index (χ1n) is 15.3. The summed E-state index contributed by atoms with van der Waals surface area (Å²) in [6.45, 7) is 11.7. The number of aromatic nitrogens is 3. The first kappa shape index (κ1) is 31.6. The molecule has 1 N–H and O–H groups in total. The molecular weight excluding hydrogens is 589 g/mol. The normalized spacial score (nSPS) is 17.9. The Hall–Kier alpha value is -2.86. The lowest BCUT2D eigenvalue weighted by Crippen LogP contribution is -2.47.